The van der Waals surface area contributed by atoms with E-state index in [0.717, 1.165) is 51.4 Å². The van der Waals surface area contributed by atoms with Gasteiger partial charge in [0.05, 0.1) is 11.8 Å². The molecule has 2 aliphatic rings. The summed E-state index contributed by atoms with van der Waals surface area (Å²) in [5.74, 6) is 0.0862. The maximum atomic E-state index is 12.3. The second kappa shape index (κ2) is 7.95. The van der Waals surface area contributed by atoms with Gasteiger partial charge in [0.15, 0.2) is 0 Å². The zero-order valence-corrected chi connectivity index (χ0v) is 14.8. The normalized spacial score (nSPS) is 27.9. The van der Waals surface area contributed by atoms with Gasteiger partial charge in [0.25, 0.3) is 0 Å². The lowest BCUT2D eigenvalue weighted by atomic mass is 9.82. The molecule has 0 saturated heterocycles. The Labute approximate surface area is 139 Å². The van der Waals surface area contributed by atoms with Gasteiger partial charge in [0.1, 0.15) is 0 Å². The van der Waals surface area contributed by atoms with Gasteiger partial charge in [-0.25, -0.2) is 13.1 Å². The zero-order valence-electron chi connectivity index (χ0n) is 13.1. The van der Waals surface area contributed by atoms with Crippen LogP contribution >= 0.6 is 12.4 Å². The Kier molecular flexibility index (Phi) is 7.11. The predicted molar refractivity (Wildman–Crippen MR) is 89.4 cm³/mol. The Balaban J connectivity index is 0.00000242. The van der Waals surface area contributed by atoms with Gasteiger partial charge in [-0.1, -0.05) is 25.7 Å². The molecule has 0 aromatic carbocycles. The van der Waals surface area contributed by atoms with Crippen molar-refractivity contribution in [3.05, 3.63) is 0 Å². The molecule has 8 heteroatoms. The second-order valence-electron chi connectivity index (χ2n) is 6.61. The molecule has 0 radical (unpaired) electrons. The second-order valence-corrected chi connectivity index (χ2v) is 8.39. The monoisotopic (exact) mass is 353 g/mol. The highest BCUT2D eigenvalue weighted by atomic mass is 35.5. The van der Waals surface area contributed by atoms with Gasteiger partial charge >= 0.3 is 0 Å². The topological polar surface area (TPSA) is 101 Å². The first-order valence-electron chi connectivity index (χ1n) is 7.85. The minimum atomic E-state index is -3.20. The van der Waals surface area contributed by atoms with Crippen LogP contribution in [0.15, 0.2) is 0 Å². The van der Waals surface area contributed by atoms with Crippen LogP contribution in [0, 0.1) is 5.92 Å². The van der Waals surface area contributed by atoms with E-state index in [-0.39, 0.29) is 30.3 Å². The molecule has 2 rings (SSSR count). The lowest BCUT2D eigenvalue weighted by Gasteiger charge is -2.32. The number of carbonyl (C=O) groups is 1. The van der Waals surface area contributed by atoms with Crippen molar-refractivity contribution in [3.63, 3.8) is 0 Å². The van der Waals surface area contributed by atoms with Gasteiger partial charge < -0.3 is 11.1 Å². The van der Waals surface area contributed by atoms with Crippen molar-refractivity contribution in [1.82, 2.24) is 10.0 Å². The minimum Gasteiger partial charge on any atom is -0.354 e. The Morgan fingerprint density at radius 2 is 1.82 bits per heavy atom. The highest BCUT2D eigenvalue weighted by molar-refractivity contribution is 7.88. The fraction of sp³-hybridized carbons (Fsp3) is 0.929. The van der Waals surface area contributed by atoms with Crippen molar-refractivity contribution < 1.29 is 13.2 Å². The largest absolute Gasteiger partial charge is 0.354 e. The Morgan fingerprint density at radius 1 is 1.18 bits per heavy atom. The van der Waals surface area contributed by atoms with Gasteiger partial charge in [-0.2, -0.15) is 0 Å². The van der Waals surface area contributed by atoms with E-state index in [0.29, 0.717) is 6.54 Å². The smallest absolute Gasteiger partial charge is 0.240 e. The van der Waals surface area contributed by atoms with Crippen LogP contribution in [0.25, 0.3) is 0 Å². The third kappa shape index (κ3) is 5.37. The van der Waals surface area contributed by atoms with E-state index in [2.05, 4.69) is 10.0 Å². The summed E-state index contributed by atoms with van der Waals surface area (Å²) in [4.78, 5) is 12.3. The highest BCUT2D eigenvalue weighted by Gasteiger charge is 2.36. The molecule has 2 aliphatic carbocycles. The fourth-order valence-corrected chi connectivity index (χ4v) is 4.38. The SMILES string of the molecule is CS(=O)(=O)NC1CCCC1CNC(=O)C1(N)CCCCC1.Cl. The molecule has 2 fully saturated rings. The van der Waals surface area contributed by atoms with E-state index in [1.54, 1.807) is 0 Å². The summed E-state index contributed by atoms with van der Waals surface area (Å²) >= 11 is 0. The molecular formula is C14H28ClN3O3S. The van der Waals surface area contributed by atoms with Crippen LogP contribution in [-0.4, -0.2) is 38.7 Å². The van der Waals surface area contributed by atoms with Crippen LogP contribution in [0.4, 0.5) is 0 Å². The molecule has 0 aromatic rings. The van der Waals surface area contributed by atoms with Crippen molar-refractivity contribution in [2.75, 3.05) is 12.8 Å². The number of rotatable bonds is 5. The first-order chi connectivity index (χ1) is 9.80. The van der Waals surface area contributed by atoms with Crippen LogP contribution in [-0.2, 0) is 14.8 Å². The third-order valence-electron chi connectivity index (χ3n) is 4.75. The first-order valence-corrected chi connectivity index (χ1v) is 9.74. The maximum Gasteiger partial charge on any atom is 0.240 e. The molecule has 6 nitrogen and oxygen atoms in total. The summed E-state index contributed by atoms with van der Waals surface area (Å²) < 4.78 is 25.4. The van der Waals surface area contributed by atoms with Gasteiger partial charge in [-0.3, -0.25) is 4.79 Å². The summed E-state index contributed by atoms with van der Waals surface area (Å²) in [6, 6.07) is -0.0691. The van der Waals surface area contributed by atoms with Crippen molar-refractivity contribution in [3.8, 4) is 0 Å². The Hall–Kier alpha value is -0.370. The van der Waals surface area contributed by atoms with Gasteiger partial charge in [-0.05, 0) is 31.6 Å². The Bertz CT molecular complexity index is 478. The summed E-state index contributed by atoms with van der Waals surface area (Å²) in [5, 5.41) is 2.95. The number of hydrogen-bond donors (Lipinski definition) is 3. The molecular weight excluding hydrogens is 326 g/mol. The fourth-order valence-electron chi connectivity index (χ4n) is 3.52. The van der Waals surface area contributed by atoms with Crippen LogP contribution in [0.1, 0.15) is 51.4 Å². The van der Waals surface area contributed by atoms with Crippen LogP contribution in [0.5, 0.6) is 0 Å². The molecule has 4 N–H and O–H groups in total. The van der Waals surface area contributed by atoms with Crippen molar-refractivity contribution in [2.24, 2.45) is 11.7 Å². The average Bonchev–Trinajstić information content (AvgIpc) is 2.82. The van der Waals surface area contributed by atoms with E-state index < -0.39 is 15.6 Å². The number of amides is 1. The highest BCUT2D eigenvalue weighted by Crippen LogP contribution is 2.28. The molecule has 0 aliphatic heterocycles. The van der Waals surface area contributed by atoms with Crippen LogP contribution in [0.3, 0.4) is 0 Å². The quantitative estimate of drug-likeness (QED) is 0.683. The van der Waals surface area contributed by atoms with Crippen molar-refractivity contribution in [2.45, 2.75) is 62.9 Å². The number of sulfonamides is 1. The molecule has 0 heterocycles. The lowest BCUT2D eigenvalue weighted by Crippen LogP contribution is -2.56. The third-order valence-corrected chi connectivity index (χ3v) is 5.48. The zero-order chi connectivity index (χ0) is 15.5. The molecule has 130 valence electrons. The van der Waals surface area contributed by atoms with E-state index in [4.69, 9.17) is 5.73 Å². The summed E-state index contributed by atoms with van der Waals surface area (Å²) in [6.07, 6.45) is 8.58. The molecule has 0 spiro atoms. The Morgan fingerprint density at radius 3 is 2.41 bits per heavy atom. The summed E-state index contributed by atoms with van der Waals surface area (Å²) in [7, 11) is -3.20. The number of hydrogen-bond acceptors (Lipinski definition) is 4. The number of nitrogens with one attached hydrogen (secondary N) is 2. The average molecular weight is 354 g/mol. The van der Waals surface area contributed by atoms with Gasteiger partial charge in [-0.15, -0.1) is 12.4 Å². The number of carbonyl (C=O) groups excluding carboxylic acids is 1. The molecule has 2 atom stereocenters. The number of nitrogens with two attached hydrogens (primary N) is 1. The molecule has 2 saturated carbocycles. The molecule has 1 amide bonds. The van der Waals surface area contributed by atoms with Gasteiger partial charge in [0.2, 0.25) is 15.9 Å². The van der Waals surface area contributed by atoms with Gasteiger partial charge in [0, 0.05) is 12.6 Å². The lowest BCUT2D eigenvalue weighted by molar-refractivity contribution is -0.127. The van der Waals surface area contributed by atoms with E-state index in [9.17, 15) is 13.2 Å². The summed E-state index contributed by atoms with van der Waals surface area (Å²) in [5.41, 5.74) is 5.47. The number of halogens is 1. The molecule has 0 bridgehead atoms. The first kappa shape index (κ1) is 19.7. The molecule has 2 unspecified atom stereocenters. The van der Waals surface area contributed by atoms with Crippen molar-refractivity contribution >= 4 is 28.3 Å². The molecule has 0 aromatic heterocycles. The predicted octanol–water partition coefficient (Wildman–Crippen LogP) is 0.904. The standard InChI is InChI=1S/C14H27N3O3S.ClH/c1-21(19,20)17-12-7-5-6-11(12)10-16-13(18)14(15)8-3-2-4-9-14;/h11-12,17H,2-10,15H2,1H3,(H,16,18);1H. The molecule has 22 heavy (non-hydrogen) atoms. The van der Waals surface area contributed by atoms with Crippen molar-refractivity contribution in [1.29, 1.82) is 0 Å². The van der Waals surface area contributed by atoms with E-state index in [1.807, 2.05) is 0 Å². The van der Waals surface area contributed by atoms with E-state index >= 15 is 0 Å². The minimum absolute atomic E-state index is 0. The van der Waals surface area contributed by atoms with Crippen LogP contribution < -0.4 is 15.8 Å². The summed E-state index contributed by atoms with van der Waals surface area (Å²) in [6.45, 7) is 0.505. The van der Waals surface area contributed by atoms with Crippen LogP contribution in [0.2, 0.25) is 0 Å². The van der Waals surface area contributed by atoms with E-state index in [1.165, 1.54) is 6.26 Å². The maximum absolute atomic E-state index is 12.3.